The van der Waals surface area contributed by atoms with Gasteiger partial charge < -0.3 is 10.0 Å². The summed E-state index contributed by atoms with van der Waals surface area (Å²) >= 11 is 0. The number of hydrogen-bond acceptors (Lipinski definition) is 2. The number of benzene rings is 1. The molecule has 1 aromatic carbocycles. The first kappa shape index (κ1) is 15.5. The van der Waals surface area contributed by atoms with Crippen LogP contribution in [0.5, 0.6) is 0 Å². The maximum Gasteiger partial charge on any atom is 0.255 e. The van der Waals surface area contributed by atoms with Crippen molar-refractivity contribution in [1.82, 2.24) is 4.90 Å². The number of aliphatic hydroxyl groups is 1. The molecule has 0 saturated heterocycles. The largest absolute Gasteiger partial charge is 0.395 e. The lowest BCUT2D eigenvalue weighted by atomic mass is 10.1. The predicted molar refractivity (Wildman–Crippen MR) is 79.3 cm³/mol. The second kappa shape index (κ2) is 7.24. The first-order valence-electron chi connectivity index (χ1n) is 7.37. The van der Waals surface area contributed by atoms with E-state index >= 15 is 0 Å². The molecule has 21 heavy (non-hydrogen) atoms. The van der Waals surface area contributed by atoms with Crippen LogP contribution in [0.4, 0.5) is 4.39 Å². The Kier molecular flexibility index (Phi) is 5.35. The van der Waals surface area contributed by atoms with E-state index in [0.29, 0.717) is 30.1 Å². The monoisotopic (exact) mass is 289 g/mol. The second-order valence-electron chi connectivity index (χ2n) is 5.20. The predicted octanol–water partition coefficient (Wildman–Crippen LogP) is 2.57. The van der Waals surface area contributed by atoms with Gasteiger partial charge in [0.15, 0.2) is 0 Å². The van der Waals surface area contributed by atoms with Gasteiger partial charge in [-0.3, -0.25) is 4.79 Å². The molecule has 0 bridgehead atoms. The molecule has 1 fully saturated rings. The average molecular weight is 289 g/mol. The number of halogens is 1. The van der Waals surface area contributed by atoms with Gasteiger partial charge in [-0.2, -0.15) is 0 Å². The van der Waals surface area contributed by atoms with Gasteiger partial charge in [0.2, 0.25) is 0 Å². The van der Waals surface area contributed by atoms with Gasteiger partial charge in [-0.1, -0.05) is 18.8 Å². The molecule has 112 valence electrons. The van der Waals surface area contributed by atoms with Gasteiger partial charge in [-0.25, -0.2) is 4.39 Å². The van der Waals surface area contributed by atoms with E-state index in [2.05, 4.69) is 11.8 Å². The lowest BCUT2D eigenvalue weighted by Gasteiger charge is -2.22. The summed E-state index contributed by atoms with van der Waals surface area (Å²) in [5.41, 5.74) is 0.845. The van der Waals surface area contributed by atoms with E-state index in [9.17, 15) is 9.18 Å². The molecule has 1 N–H and O–H groups in total. The summed E-state index contributed by atoms with van der Waals surface area (Å²) in [6.45, 7) is 2.68. The summed E-state index contributed by atoms with van der Waals surface area (Å²) in [6, 6.07) is 4.39. The van der Waals surface area contributed by atoms with Crippen LogP contribution in [-0.2, 0) is 0 Å². The number of aliphatic hydroxyl groups excluding tert-OH is 1. The first-order chi connectivity index (χ1) is 10.2. The van der Waals surface area contributed by atoms with Crippen LogP contribution in [0.3, 0.4) is 0 Å². The zero-order valence-corrected chi connectivity index (χ0v) is 12.2. The molecule has 0 aliphatic heterocycles. The average Bonchev–Trinajstić information content (AvgIpc) is 3.30. The van der Waals surface area contributed by atoms with Crippen molar-refractivity contribution in [3.05, 3.63) is 35.1 Å². The van der Waals surface area contributed by atoms with Crippen molar-refractivity contribution in [3.63, 3.8) is 0 Å². The van der Waals surface area contributed by atoms with Crippen LogP contribution in [-0.4, -0.2) is 35.1 Å². The molecule has 0 aromatic heterocycles. The molecule has 1 aromatic rings. The maximum atomic E-state index is 13.5. The molecule has 0 spiro atoms. The number of hydrogen-bond donors (Lipinski definition) is 1. The Morgan fingerprint density at radius 3 is 2.86 bits per heavy atom. The molecule has 1 saturated carbocycles. The van der Waals surface area contributed by atoms with Crippen LogP contribution in [0.2, 0.25) is 0 Å². The Morgan fingerprint density at radius 2 is 2.24 bits per heavy atom. The molecule has 2 rings (SSSR count). The zero-order chi connectivity index (χ0) is 15.2. The van der Waals surface area contributed by atoms with E-state index in [0.717, 1.165) is 19.3 Å². The minimum absolute atomic E-state index is 0.0263. The number of carbonyl (C=O) groups is 1. The van der Waals surface area contributed by atoms with Crippen molar-refractivity contribution < 1.29 is 14.3 Å². The van der Waals surface area contributed by atoms with Crippen molar-refractivity contribution in [2.45, 2.75) is 38.6 Å². The molecular formula is C17H20FNO2. The van der Waals surface area contributed by atoms with Crippen LogP contribution >= 0.6 is 0 Å². The lowest BCUT2D eigenvalue weighted by Crippen LogP contribution is -2.34. The third-order valence-corrected chi connectivity index (χ3v) is 3.38. The Hall–Kier alpha value is -1.86. The smallest absolute Gasteiger partial charge is 0.255 e. The number of amides is 1. The van der Waals surface area contributed by atoms with Crippen molar-refractivity contribution >= 4 is 5.91 Å². The van der Waals surface area contributed by atoms with Crippen LogP contribution < -0.4 is 0 Å². The van der Waals surface area contributed by atoms with E-state index in [1.54, 1.807) is 0 Å². The van der Waals surface area contributed by atoms with Crippen molar-refractivity contribution in [2.75, 3.05) is 13.2 Å². The Morgan fingerprint density at radius 1 is 1.48 bits per heavy atom. The van der Waals surface area contributed by atoms with E-state index in [1.165, 1.54) is 18.2 Å². The van der Waals surface area contributed by atoms with Gasteiger partial charge in [0.1, 0.15) is 5.82 Å². The van der Waals surface area contributed by atoms with E-state index in [4.69, 9.17) is 5.11 Å². The van der Waals surface area contributed by atoms with Crippen LogP contribution in [0.15, 0.2) is 18.2 Å². The van der Waals surface area contributed by atoms with Crippen molar-refractivity contribution in [1.29, 1.82) is 0 Å². The van der Waals surface area contributed by atoms with Gasteiger partial charge in [-0.05, 0) is 37.5 Å². The fourth-order valence-electron chi connectivity index (χ4n) is 2.25. The molecule has 0 radical (unpaired) electrons. The fourth-order valence-corrected chi connectivity index (χ4v) is 2.25. The standard InChI is InChI=1S/C17H20FNO2/c1-2-10-19(15-8-9-15)17(21)16-12-14(18)7-6-13(16)5-3-4-11-20/h6-7,12,15,20H,2,4,8-11H2,1H3. The van der Waals surface area contributed by atoms with E-state index < -0.39 is 5.82 Å². The van der Waals surface area contributed by atoms with Crippen LogP contribution in [0, 0.1) is 17.7 Å². The topological polar surface area (TPSA) is 40.5 Å². The second-order valence-corrected chi connectivity index (χ2v) is 5.20. The Balaban J connectivity index is 2.30. The molecular weight excluding hydrogens is 269 g/mol. The highest BCUT2D eigenvalue weighted by molar-refractivity contribution is 5.97. The lowest BCUT2D eigenvalue weighted by molar-refractivity contribution is 0.0742. The van der Waals surface area contributed by atoms with Gasteiger partial charge in [0.05, 0.1) is 12.2 Å². The summed E-state index contributed by atoms with van der Waals surface area (Å²) in [5.74, 6) is 5.06. The van der Waals surface area contributed by atoms with Gasteiger partial charge in [0.25, 0.3) is 5.91 Å². The SMILES string of the molecule is CCCN(C(=O)c1cc(F)ccc1C#CCCO)C1CC1. The minimum Gasteiger partial charge on any atom is -0.395 e. The summed E-state index contributed by atoms with van der Waals surface area (Å²) in [4.78, 5) is 14.5. The third kappa shape index (κ3) is 4.05. The van der Waals surface area contributed by atoms with Crippen molar-refractivity contribution in [3.8, 4) is 11.8 Å². The first-order valence-corrected chi connectivity index (χ1v) is 7.37. The summed E-state index contributed by atoms with van der Waals surface area (Å²) in [5, 5.41) is 8.77. The highest BCUT2D eigenvalue weighted by Gasteiger charge is 2.33. The Bertz CT molecular complexity index is 570. The van der Waals surface area contributed by atoms with Gasteiger partial charge >= 0.3 is 0 Å². The molecule has 0 atom stereocenters. The van der Waals surface area contributed by atoms with Crippen LogP contribution in [0.25, 0.3) is 0 Å². The fraction of sp³-hybridized carbons (Fsp3) is 0.471. The molecule has 1 aliphatic rings. The molecule has 0 heterocycles. The van der Waals surface area contributed by atoms with E-state index in [-0.39, 0.29) is 12.5 Å². The zero-order valence-electron chi connectivity index (χ0n) is 12.2. The Labute approximate surface area is 124 Å². The summed E-state index contributed by atoms with van der Waals surface area (Å²) in [7, 11) is 0. The maximum absolute atomic E-state index is 13.5. The number of rotatable bonds is 5. The highest BCUT2D eigenvalue weighted by atomic mass is 19.1. The minimum atomic E-state index is -0.432. The van der Waals surface area contributed by atoms with Gasteiger partial charge in [-0.15, -0.1) is 0 Å². The molecule has 4 heteroatoms. The molecule has 3 nitrogen and oxygen atoms in total. The number of carbonyl (C=O) groups excluding carboxylic acids is 1. The van der Waals surface area contributed by atoms with Crippen molar-refractivity contribution in [2.24, 2.45) is 0 Å². The third-order valence-electron chi connectivity index (χ3n) is 3.38. The van der Waals surface area contributed by atoms with Gasteiger partial charge in [0, 0.05) is 24.6 Å². The molecule has 1 aliphatic carbocycles. The van der Waals surface area contributed by atoms with Crippen LogP contribution in [0.1, 0.15) is 48.5 Å². The molecule has 0 unspecified atom stereocenters. The molecule has 1 amide bonds. The van der Waals surface area contributed by atoms with E-state index in [1.807, 2.05) is 11.8 Å². The number of nitrogens with zero attached hydrogens (tertiary/aromatic N) is 1. The summed E-state index contributed by atoms with van der Waals surface area (Å²) in [6.07, 6.45) is 3.26. The highest BCUT2D eigenvalue weighted by Crippen LogP contribution is 2.29. The normalized spacial score (nSPS) is 13.5. The quantitative estimate of drug-likeness (QED) is 0.846. The summed E-state index contributed by atoms with van der Waals surface area (Å²) < 4.78 is 13.5.